The number of halogens is 1. The minimum atomic E-state index is -0.151. The quantitative estimate of drug-likeness (QED) is 0.747. The molecule has 4 nitrogen and oxygen atoms in total. The first-order valence-electron chi connectivity index (χ1n) is 7.41. The molecule has 0 unspecified atom stereocenters. The molecule has 0 aliphatic heterocycles. The summed E-state index contributed by atoms with van der Waals surface area (Å²) < 4.78 is 5.73. The summed E-state index contributed by atoms with van der Waals surface area (Å²) in [6.45, 7) is 0.436. The Bertz CT molecular complexity index is 820. The van der Waals surface area contributed by atoms with Crippen LogP contribution in [0.1, 0.15) is 15.9 Å². The molecular weight excluding hydrogens is 324 g/mol. The smallest absolute Gasteiger partial charge is 0.253 e. The molecule has 0 fully saturated rings. The van der Waals surface area contributed by atoms with Gasteiger partial charge in [-0.2, -0.15) is 0 Å². The molecule has 0 spiro atoms. The van der Waals surface area contributed by atoms with Crippen molar-refractivity contribution < 1.29 is 9.53 Å². The van der Waals surface area contributed by atoms with Crippen LogP contribution in [0.5, 0.6) is 11.5 Å². The van der Waals surface area contributed by atoms with Crippen LogP contribution in [0.25, 0.3) is 0 Å². The number of carbonyl (C=O) groups is 1. The van der Waals surface area contributed by atoms with Gasteiger partial charge in [-0.1, -0.05) is 29.8 Å². The number of nitrogens with zero attached hydrogens (tertiary/aromatic N) is 1. The van der Waals surface area contributed by atoms with E-state index in [0.717, 1.165) is 5.56 Å². The molecule has 0 aliphatic rings. The first-order chi connectivity index (χ1) is 11.7. The fourth-order valence-electron chi connectivity index (χ4n) is 2.12. The third-order valence-electron chi connectivity index (χ3n) is 3.33. The number of hydrogen-bond donors (Lipinski definition) is 1. The molecule has 0 saturated carbocycles. The molecule has 5 heteroatoms. The summed E-state index contributed by atoms with van der Waals surface area (Å²) >= 11 is 5.93. The summed E-state index contributed by atoms with van der Waals surface area (Å²) in [5.41, 5.74) is 1.52. The predicted octanol–water partition coefficient (Wildman–Crippen LogP) is 4.46. The van der Waals surface area contributed by atoms with Gasteiger partial charge in [-0.05, 0) is 48.0 Å². The molecule has 1 N–H and O–H groups in total. The van der Waals surface area contributed by atoms with Crippen LogP contribution in [-0.4, -0.2) is 10.9 Å². The average Bonchev–Trinajstić information content (AvgIpc) is 2.62. The van der Waals surface area contributed by atoms with Crippen molar-refractivity contribution in [3.63, 3.8) is 0 Å². The second-order valence-corrected chi connectivity index (χ2v) is 5.56. The molecule has 0 bridgehead atoms. The standard InChI is InChI=1S/C19H15ClN2O2/c20-16-4-1-5-18(11-16)24-17-8-6-14(7-9-17)12-22-19(23)15-3-2-10-21-13-15/h1-11,13H,12H2,(H,22,23). The zero-order chi connectivity index (χ0) is 16.8. The van der Waals surface area contributed by atoms with E-state index < -0.39 is 0 Å². The van der Waals surface area contributed by atoms with Gasteiger partial charge in [0.2, 0.25) is 0 Å². The van der Waals surface area contributed by atoms with E-state index in [1.165, 1.54) is 6.20 Å². The lowest BCUT2D eigenvalue weighted by atomic mass is 10.2. The van der Waals surface area contributed by atoms with Crippen LogP contribution in [0.3, 0.4) is 0 Å². The number of carbonyl (C=O) groups excluding carboxylic acids is 1. The zero-order valence-corrected chi connectivity index (χ0v) is 13.5. The van der Waals surface area contributed by atoms with Crippen LogP contribution < -0.4 is 10.1 Å². The van der Waals surface area contributed by atoms with Gasteiger partial charge in [0.15, 0.2) is 0 Å². The maximum Gasteiger partial charge on any atom is 0.253 e. The van der Waals surface area contributed by atoms with Crippen molar-refractivity contribution in [2.75, 3.05) is 0 Å². The molecule has 3 aromatic rings. The monoisotopic (exact) mass is 338 g/mol. The van der Waals surface area contributed by atoms with Crippen molar-refractivity contribution >= 4 is 17.5 Å². The Morgan fingerprint density at radius 1 is 1.04 bits per heavy atom. The lowest BCUT2D eigenvalue weighted by Gasteiger charge is -2.08. The van der Waals surface area contributed by atoms with E-state index in [9.17, 15) is 4.79 Å². The van der Waals surface area contributed by atoms with Crippen LogP contribution in [0.2, 0.25) is 5.02 Å². The summed E-state index contributed by atoms with van der Waals surface area (Å²) in [4.78, 5) is 15.9. The van der Waals surface area contributed by atoms with Gasteiger partial charge in [-0.3, -0.25) is 9.78 Å². The van der Waals surface area contributed by atoms with E-state index >= 15 is 0 Å². The highest BCUT2D eigenvalue weighted by molar-refractivity contribution is 6.30. The van der Waals surface area contributed by atoms with E-state index in [2.05, 4.69) is 10.3 Å². The Morgan fingerprint density at radius 3 is 2.58 bits per heavy atom. The van der Waals surface area contributed by atoms with Gasteiger partial charge in [0.1, 0.15) is 11.5 Å². The highest BCUT2D eigenvalue weighted by Crippen LogP contribution is 2.24. The maximum absolute atomic E-state index is 12.0. The predicted molar refractivity (Wildman–Crippen MR) is 93.4 cm³/mol. The van der Waals surface area contributed by atoms with Gasteiger partial charge in [0.05, 0.1) is 5.56 Å². The van der Waals surface area contributed by atoms with Crippen molar-refractivity contribution in [3.05, 3.63) is 89.2 Å². The van der Waals surface area contributed by atoms with Gasteiger partial charge in [-0.25, -0.2) is 0 Å². The number of pyridine rings is 1. The molecule has 1 aromatic heterocycles. The zero-order valence-electron chi connectivity index (χ0n) is 12.8. The molecule has 0 radical (unpaired) electrons. The molecule has 1 heterocycles. The second-order valence-electron chi connectivity index (χ2n) is 5.13. The Labute approximate surface area is 145 Å². The number of rotatable bonds is 5. The Balaban J connectivity index is 1.57. The minimum Gasteiger partial charge on any atom is -0.457 e. The lowest BCUT2D eigenvalue weighted by Crippen LogP contribution is -2.22. The summed E-state index contributed by atoms with van der Waals surface area (Å²) in [5.74, 6) is 1.24. The summed E-state index contributed by atoms with van der Waals surface area (Å²) in [7, 11) is 0. The van der Waals surface area contributed by atoms with Gasteiger partial charge in [0.25, 0.3) is 5.91 Å². The number of ether oxygens (including phenoxy) is 1. The second kappa shape index (κ2) is 7.62. The SMILES string of the molecule is O=C(NCc1ccc(Oc2cccc(Cl)c2)cc1)c1cccnc1. The number of aromatic nitrogens is 1. The van der Waals surface area contributed by atoms with Crippen molar-refractivity contribution in [3.8, 4) is 11.5 Å². The van der Waals surface area contributed by atoms with E-state index in [1.807, 2.05) is 36.4 Å². The van der Waals surface area contributed by atoms with Crippen molar-refractivity contribution in [1.29, 1.82) is 0 Å². The molecule has 0 saturated heterocycles. The van der Waals surface area contributed by atoms with E-state index in [4.69, 9.17) is 16.3 Å². The molecule has 0 atom stereocenters. The highest BCUT2D eigenvalue weighted by atomic mass is 35.5. The van der Waals surface area contributed by atoms with E-state index in [-0.39, 0.29) is 5.91 Å². The normalized spacial score (nSPS) is 10.2. The maximum atomic E-state index is 12.0. The van der Waals surface area contributed by atoms with Crippen LogP contribution in [-0.2, 0) is 6.54 Å². The first-order valence-corrected chi connectivity index (χ1v) is 7.79. The van der Waals surface area contributed by atoms with E-state index in [0.29, 0.717) is 28.6 Å². The first kappa shape index (κ1) is 16.0. The lowest BCUT2D eigenvalue weighted by molar-refractivity contribution is 0.0950. The van der Waals surface area contributed by atoms with Crippen LogP contribution in [0.4, 0.5) is 0 Å². The summed E-state index contributed by atoms with van der Waals surface area (Å²) in [6, 6.07) is 18.2. The Hall–Kier alpha value is -2.85. The highest BCUT2D eigenvalue weighted by Gasteiger charge is 2.05. The fraction of sp³-hybridized carbons (Fsp3) is 0.0526. The largest absolute Gasteiger partial charge is 0.457 e. The molecular formula is C19H15ClN2O2. The third kappa shape index (κ3) is 4.33. The van der Waals surface area contributed by atoms with E-state index in [1.54, 1.807) is 30.5 Å². The van der Waals surface area contributed by atoms with Crippen molar-refractivity contribution in [1.82, 2.24) is 10.3 Å². The minimum absolute atomic E-state index is 0.151. The van der Waals surface area contributed by atoms with Crippen molar-refractivity contribution in [2.45, 2.75) is 6.54 Å². The van der Waals surface area contributed by atoms with Gasteiger partial charge < -0.3 is 10.1 Å². The molecule has 120 valence electrons. The number of benzene rings is 2. The van der Waals surface area contributed by atoms with Gasteiger partial charge in [-0.15, -0.1) is 0 Å². The number of hydrogen-bond acceptors (Lipinski definition) is 3. The molecule has 1 amide bonds. The molecule has 3 rings (SSSR count). The molecule has 2 aromatic carbocycles. The molecule has 0 aliphatic carbocycles. The third-order valence-corrected chi connectivity index (χ3v) is 3.57. The fourth-order valence-corrected chi connectivity index (χ4v) is 2.30. The van der Waals surface area contributed by atoms with Crippen LogP contribution in [0.15, 0.2) is 73.1 Å². The molecule has 24 heavy (non-hydrogen) atoms. The summed E-state index contributed by atoms with van der Waals surface area (Å²) in [5, 5.41) is 3.48. The topological polar surface area (TPSA) is 51.2 Å². The van der Waals surface area contributed by atoms with Crippen molar-refractivity contribution in [2.24, 2.45) is 0 Å². The number of nitrogens with one attached hydrogen (secondary N) is 1. The average molecular weight is 339 g/mol. The van der Waals surface area contributed by atoms with Crippen LogP contribution in [0, 0.1) is 0 Å². The summed E-state index contributed by atoms with van der Waals surface area (Å²) in [6.07, 6.45) is 3.17. The Kier molecular flexibility index (Phi) is 5.08. The van der Waals surface area contributed by atoms with Crippen LogP contribution >= 0.6 is 11.6 Å². The van der Waals surface area contributed by atoms with Gasteiger partial charge >= 0.3 is 0 Å². The van der Waals surface area contributed by atoms with Gasteiger partial charge in [0, 0.05) is 24.0 Å². The number of amides is 1. The Morgan fingerprint density at radius 2 is 1.88 bits per heavy atom.